The van der Waals surface area contributed by atoms with Gasteiger partial charge >= 0.3 is 0 Å². The van der Waals surface area contributed by atoms with Gasteiger partial charge in [0, 0.05) is 42.8 Å². The van der Waals surface area contributed by atoms with Crippen LogP contribution in [0.25, 0.3) is 0 Å². The molecule has 0 radical (unpaired) electrons. The zero-order valence-corrected chi connectivity index (χ0v) is 21.6. The summed E-state index contributed by atoms with van der Waals surface area (Å²) in [5.41, 5.74) is 7.66. The Morgan fingerprint density at radius 1 is 1.18 bits per heavy atom. The van der Waals surface area contributed by atoms with E-state index in [1.807, 2.05) is 31.2 Å². The highest BCUT2D eigenvalue weighted by molar-refractivity contribution is 8.00. The van der Waals surface area contributed by atoms with Crippen LogP contribution in [0.2, 0.25) is 0 Å². The van der Waals surface area contributed by atoms with E-state index in [1.165, 1.54) is 16.7 Å². The summed E-state index contributed by atoms with van der Waals surface area (Å²) in [5.74, 6) is 0.370. The molecular weight excluding hydrogens is 471 g/mol. The zero-order valence-electron chi connectivity index (χ0n) is 19.6. The molecule has 0 spiro atoms. The molecule has 1 aliphatic heterocycles. The number of anilines is 1. The highest BCUT2D eigenvalue weighted by atomic mass is 32.2. The van der Waals surface area contributed by atoms with E-state index >= 15 is 0 Å². The van der Waals surface area contributed by atoms with E-state index in [-0.39, 0.29) is 54.3 Å². The van der Waals surface area contributed by atoms with Crippen LogP contribution in [0.1, 0.15) is 51.0 Å². The van der Waals surface area contributed by atoms with Crippen LogP contribution in [-0.4, -0.2) is 52.1 Å². The van der Waals surface area contributed by atoms with Gasteiger partial charge in [0.25, 0.3) is 0 Å². The van der Waals surface area contributed by atoms with Gasteiger partial charge in [-0.25, -0.2) is 0 Å². The molecule has 8 nitrogen and oxygen atoms in total. The second-order valence-electron chi connectivity index (χ2n) is 9.31. The Balaban J connectivity index is 1.38. The summed E-state index contributed by atoms with van der Waals surface area (Å²) in [6.07, 6.45) is 4.48. The Bertz CT molecular complexity index is 887. The fourth-order valence-corrected chi connectivity index (χ4v) is 5.93. The van der Waals surface area contributed by atoms with Crippen LogP contribution >= 0.6 is 21.2 Å². The van der Waals surface area contributed by atoms with E-state index in [4.69, 9.17) is 5.73 Å². The molecule has 3 atom stereocenters. The maximum absolute atomic E-state index is 12.8. The zero-order chi connectivity index (χ0) is 24.7. The fraction of sp³-hybridized carbons (Fsp3) is 0.583. The van der Waals surface area contributed by atoms with Crippen molar-refractivity contribution in [3.8, 4) is 0 Å². The number of carbonyl (C=O) groups excluding carboxylic acids is 4. The van der Waals surface area contributed by atoms with Crippen molar-refractivity contribution in [2.24, 2.45) is 17.6 Å². The van der Waals surface area contributed by atoms with E-state index in [0.717, 1.165) is 43.4 Å². The van der Waals surface area contributed by atoms with E-state index in [0.29, 0.717) is 12.3 Å². The summed E-state index contributed by atoms with van der Waals surface area (Å²) in [6.45, 7) is 2.39. The van der Waals surface area contributed by atoms with Gasteiger partial charge in [0.05, 0.1) is 5.25 Å². The third kappa shape index (κ3) is 7.52. The van der Waals surface area contributed by atoms with E-state index in [1.54, 1.807) is 0 Å². The number of amides is 4. The smallest absolute Gasteiger partial charge is 0.242 e. The van der Waals surface area contributed by atoms with Crippen LogP contribution < -0.4 is 16.1 Å². The number of benzene rings is 1. The molecule has 3 rings (SSSR count). The quantitative estimate of drug-likeness (QED) is 0.331. The van der Waals surface area contributed by atoms with Gasteiger partial charge in [0.2, 0.25) is 23.6 Å². The van der Waals surface area contributed by atoms with Crippen LogP contribution in [0.4, 0.5) is 5.69 Å². The second kappa shape index (κ2) is 12.7. The van der Waals surface area contributed by atoms with Crippen molar-refractivity contribution in [2.75, 3.05) is 17.6 Å². The summed E-state index contributed by atoms with van der Waals surface area (Å²) >= 11 is 1.38. The summed E-state index contributed by atoms with van der Waals surface area (Å²) < 4.78 is 0. The molecule has 3 unspecified atom stereocenters. The van der Waals surface area contributed by atoms with Gasteiger partial charge in [-0.15, -0.1) is 11.8 Å². The molecule has 1 aromatic rings. The molecule has 1 saturated heterocycles. The van der Waals surface area contributed by atoms with Crippen molar-refractivity contribution in [2.45, 2.75) is 63.2 Å². The number of hydrogen-bond acceptors (Lipinski definition) is 6. The molecule has 1 aliphatic carbocycles. The van der Waals surface area contributed by atoms with E-state index < -0.39 is 5.25 Å². The van der Waals surface area contributed by atoms with Gasteiger partial charge in [0.15, 0.2) is 0 Å². The van der Waals surface area contributed by atoms with Crippen LogP contribution in [-0.2, 0) is 25.6 Å². The Hall–Kier alpha value is -1.96. The van der Waals surface area contributed by atoms with Crippen molar-refractivity contribution in [1.29, 1.82) is 0 Å². The molecule has 1 aromatic carbocycles. The predicted molar refractivity (Wildman–Crippen MR) is 138 cm³/mol. The lowest BCUT2D eigenvalue weighted by molar-refractivity contribution is -0.139. The van der Waals surface area contributed by atoms with Crippen molar-refractivity contribution in [3.05, 3.63) is 29.8 Å². The molecule has 2 fully saturated rings. The average Bonchev–Trinajstić information content (AvgIpc) is 3.07. The lowest BCUT2D eigenvalue weighted by atomic mass is 9.81. The van der Waals surface area contributed by atoms with Crippen molar-refractivity contribution in [1.82, 2.24) is 9.99 Å². The van der Waals surface area contributed by atoms with Gasteiger partial charge in [-0.1, -0.05) is 12.1 Å². The Morgan fingerprint density at radius 2 is 1.85 bits per heavy atom. The number of hydrogen-bond donors (Lipinski definition) is 3. The summed E-state index contributed by atoms with van der Waals surface area (Å²) in [5, 5.41) is 5.07. The molecule has 34 heavy (non-hydrogen) atoms. The van der Waals surface area contributed by atoms with Crippen LogP contribution in [0.3, 0.4) is 0 Å². The third-order valence-corrected chi connectivity index (χ3v) is 7.94. The Morgan fingerprint density at radius 3 is 2.47 bits per heavy atom. The average molecular weight is 507 g/mol. The Kier molecular flexibility index (Phi) is 9.92. The normalized spacial score (nSPS) is 23.6. The lowest BCUT2D eigenvalue weighted by Crippen LogP contribution is -2.38. The molecule has 0 aromatic heterocycles. The molecule has 1 heterocycles. The first-order chi connectivity index (χ1) is 16.3. The number of nitrogens with zero attached hydrogens (tertiary/aromatic N) is 1. The minimum Gasteiger partial charge on any atom is -0.340 e. The first kappa shape index (κ1) is 26.6. The Labute approximate surface area is 207 Å². The van der Waals surface area contributed by atoms with Gasteiger partial charge < -0.3 is 16.1 Å². The maximum Gasteiger partial charge on any atom is 0.242 e. The number of rotatable bonds is 10. The standard InChI is InChI=1S/C24H35N4O4PS/c1-15(25)12-16-4-8-19(9-5-16)26-21(29)10-11-34-20-13-22(30)28(24(20)32)14-17-2-6-18(7-3-17)23(31)27-33/h4-5,8-9,15,17-18,20H,2-3,6-7,10-14,25,33H2,1H3,(H,26,29)(H,27,31). The summed E-state index contributed by atoms with van der Waals surface area (Å²) in [6, 6.07) is 7.72. The number of nitrogens with two attached hydrogens (primary N) is 1. The molecule has 4 N–H and O–H groups in total. The van der Waals surface area contributed by atoms with Crippen molar-refractivity contribution < 1.29 is 19.2 Å². The molecule has 186 valence electrons. The highest BCUT2D eigenvalue weighted by Crippen LogP contribution is 2.32. The number of carbonyl (C=O) groups is 4. The number of nitrogens with one attached hydrogen (secondary N) is 2. The maximum atomic E-state index is 12.8. The lowest BCUT2D eigenvalue weighted by Gasteiger charge is -2.29. The van der Waals surface area contributed by atoms with Crippen molar-refractivity contribution in [3.63, 3.8) is 0 Å². The van der Waals surface area contributed by atoms with Gasteiger partial charge in [-0.2, -0.15) is 0 Å². The van der Waals surface area contributed by atoms with E-state index in [9.17, 15) is 19.2 Å². The molecular formula is C24H35N4O4PS. The third-order valence-electron chi connectivity index (χ3n) is 6.45. The second-order valence-corrected chi connectivity index (χ2v) is 10.9. The van der Waals surface area contributed by atoms with Gasteiger partial charge in [0.1, 0.15) is 0 Å². The van der Waals surface area contributed by atoms with E-state index in [2.05, 4.69) is 19.8 Å². The van der Waals surface area contributed by atoms with Crippen molar-refractivity contribution >= 4 is 50.5 Å². The highest BCUT2D eigenvalue weighted by Gasteiger charge is 2.40. The molecule has 2 aliphatic rings. The van der Waals surface area contributed by atoms with Crippen LogP contribution in [0, 0.1) is 11.8 Å². The minimum atomic E-state index is -0.419. The predicted octanol–water partition coefficient (Wildman–Crippen LogP) is 2.48. The SMILES string of the molecule is CC(N)Cc1ccc(NC(=O)CCSC2CC(=O)N(CC3CCC(C(=O)NP)CC3)C2=O)cc1. The van der Waals surface area contributed by atoms with Crippen LogP contribution in [0.15, 0.2) is 24.3 Å². The molecule has 1 saturated carbocycles. The summed E-state index contributed by atoms with van der Waals surface area (Å²) in [4.78, 5) is 50.7. The van der Waals surface area contributed by atoms with Gasteiger partial charge in [-0.3, -0.25) is 24.1 Å². The number of likely N-dealkylation sites (tertiary alicyclic amines) is 1. The molecule has 10 heteroatoms. The number of imide groups is 1. The first-order valence-corrected chi connectivity index (χ1v) is 13.5. The minimum absolute atomic E-state index is 0.0146. The fourth-order valence-electron chi connectivity index (χ4n) is 4.57. The molecule has 0 bridgehead atoms. The molecule has 4 amide bonds. The summed E-state index contributed by atoms with van der Waals surface area (Å²) in [7, 11) is 2.24. The first-order valence-electron chi connectivity index (χ1n) is 11.9. The number of thioether (sulfide) groups is 1. The monoisotopic (exact) mass is 506 g/mol. The van der Waals surface area contributed by atoms with Gasteiger partial charge in [-0.05, 0) is 72.0 Å². The topological polar surface area (TPSA) is 122 Å². The van der Waals surface area contributed by atoms with Crippen LogP contribution in [0.5, 0.6) is 0 Å². The largest absolute Gasteiger partial charge is 0.340 e.